The molecule has 8 heteroatoms. The van der Waals surface area contributed by atoms with Gasteiger partial charge in [-0.25, -0.2) is 8.42 Å². The van der Waals surface area contributed by atoms with Crippen molar-refractivity contribution in [2.45, 2.75) is 9.79 Å². The number of benzene rings is 3. The summed E-state index contributed by atoms with van der Waals surface area (Å²) in [7, 11) is -2.40. The number of carbonyl (C=O) groups excluding carboxylic acids is 1. The fourth-order valence-electron chi connectivity index (χ4n) is 2.64. The Morgan fingerprint density at radius 1 is 0.966 bits per heavy atom. The largest absolute Gasteiger partial charge is 0.495 e. The highest BCUT2D eigenvalue weighted by atomic mass is 32.2. The maximum atomic E-state index is 12.8. The molecule has 0 radical (unpaired) electrons. The molecule has 3 aromatic carbocycles. The fraction of sp³-hybridized carbons (Fsp3) is 0.0952. The zero-order valence-corrected chi connectivity index (χ0v) is 17.5. The van der Waals surface area contributed by atoms with E-state index in [9.17, 15) is 13.2 Å². The highest BCUT2D eigenvalue weighted by Crippen LogP contribution is 2.29. The summed E-state index contributed by atoms with van der Waals surface area (Å²) in [6.45, 7) is 0. The number of carbonyl (C=O) groups is 1. The van der Waals surface area contributed by atoms with Gasteiger partial charge < -0.3 is 10.1 Å². The van der Waals surface area contributed by atoms with Crippen LogP contribution in [0.15, 0.2) is 82.6 Å². The smallest absolute Gasteiger partial charge is 0.261 e. The summed E-state index contributed by atoms with van der Waals surface area (Å²) in [5, 5.41) is 2.71. The minimum Gasteiger partial charge on any atom is -0.495 e. The number of ether oxygens (including phenoxy) is 1. The molecule has 0 atom stereocenters. The minimum absolute atomic E-state index is 0.0104. The third-order valence-electron chi connectivity index (χ3n) is 4.09. The molecule has 6 nitrogen and oxygen atoms in total. The second-order valence-electron chi connectivity index (χ2n) is 6.02. The number of nitrogens with one attached hydrogen (secondary N) is 2. The molecule has 0 saturated heterocycles. The van der Waals surface area contributed by atoms with Crippen LogP contribution in [-0.2, 0) is 10.0 Å². The molecular formula is C21H20N2O4S2. The van der Waals surface area contributed by atoms with Gasteiger partial charge in [0.05, 0.1) is 17.7 Å². The van der Waals surface area contributed by atoms with E-state index in [1.54, 1.807) is 42.5 Å². The Morgan fingerprint density at radius 3 is 2.41 bits per heavy atom. The number of hydrogen-bond acceptors (Lipinski definition) is 5. The van der Waals surface area contributed by atoms with Gasteiger partial charge in [-0.15, -0.1) is 11.8 Å². The number of sulfonamides is 1. The van der Waals surface area contributed by atoms with Crippen molar-refractivity contribution in [3.63, 3.8) is 0 Å². The molecule has 0 fully saturated rings. The Morgan fingerprint density at radius 2 is 1.72 bits per heavy atom. The average molecular weight is 429 g/mol. The van der Waals surface area contributed by atoms with Gasteiger partial charge in [-0.1, -0.05) is 24.3 Å². The highest BCUT2D eigenvalue weighted by molar-refractivity contribution is 7.98. The van der Waals surface area contributed by atoms with Gasteiger partial charge in [-0.05, 0) is 54.8 Å². The molecule has 0 aliphatic rings. The van der Waals surface area contributed by atoms with E-state index in [4.69, 9.17) is 4.74 Å². The first-order valence-corrected chi connectivity index (χ1v) is 11.3. The quantitative estimate of drug-likeness (QED) is 0.543. The summed E-state index contributed by atoms with van der Waals surface area (Å²) in [5.41, 5.74) is 1.18. The zero-order chi connectivity index (χ0) is 20.9. The third kappa shape index (κ3) is 5.10. The van der Waals surface area contributed by atoms with Crippen molar-refractivity contribution in [3.05, 3.63) is 78.4 Å². The van der Waals surface area contributed by atoms with Crippen LogP contribution < -0.4 is 14.8 Å². The van der Waals surface area contributed by atoms with Gasteiger partial charge in [-0.3, -0.25) is 9.52 Å². The third-order valence-corrected chi connectivity index (χ3v) is 6.19. The van der Waals surface area contributed by atoms with E-state index in [0.717, 1.165) is 4.90 Å². The maximum absolute atomic E-state index is 12.8. The van der Waals surface area contributed by atoms with Gasteiger partial charge >= 0.3 is 0 Å². The summed E-state index contributed by atoms with van der Waals surface area (Å²) >= 11 is 1.52. The second-order valence-corrected chi connectivity index (χ2v) is 8.58. The number of methoxy groups -OCH3 is 1. The highest BCUT2D eigenvalue weighted by Gasteiger charge is 2.18. The first kappa shape index (κ1) is 20.8. The topological polar surface area (TPSA) is 84.5 Å². The van der Waals surface area contributed by atoms with Crippen LogP contribution in [0.5, 0.6) is 5.75 Å². The van der Waals surface area contributed by atoms with Crippen molar-refractivity contribution in [1.29, 1.82) is 0 Å². The van der Waals surface area contributed by atoms with Crippen LogP contribution in [0, 0.1) is 0 Å². The first-order valence-electron chi connectivity index (χ1n) is 8.64. The molecule has 0 heterocycles. The molecule has 3 rings (SSSR count). The van der Waals surface area contributed by atoms with Crippen LogP contribution in [0.1, 0.15) is 10.4 Å². The SMILES string of the molecule is COc1ccc(S(=O)(=O)Nc2cccc(SC)c2)cc1NC(=O)c1ccccc1. The number of anilines is 2. The lowest BCUT2D eigenvalue weighted by molar-refractivity contribution is 0.102. The summed E-state index contributed by atoms with van der Waals surface area (Å²) in [6.07, 6.45) is 1.92. The van der Waals surface area contributed by atoms with Gasteiger partial charge in [0.15, 0.2) is 0 Å². The molecule has 2 N–H and O–H groups in total. The first-order chi connectivity index (χ1) is 13.9. The van der Waals surface area contributed by atoms with E-state index in [1.165, 1.54) is 37.1 Å². The van der Waals surface area contributed by atoms with Crippen molar-refractivity contribution in [2.75, 3.05) is 23.4 Å². The molecule has 0 aliphatic heterocycles. The van der Waals surface area contributed by atoms with Crippen molar-refractivity contribution in [3.8, 4) is 5.75 Å². The molecule has 29 heavy (non-hydrogen) atoms. The molecule has 0 bridgehead atoms. The average Bonchev–Trinajstić information content (AvgIpc) is 2.74. The zero-order valence-electron chi connectivity index (χ0n) is 15.9. The van der Waals surface area contributed by atoms with Gasteiger partial charge in [0.1, 0.15) is 5.75 Å². The number of thioether (sulfide) groups is 1. The Bertz CT molecular complexity index is 1120. The standard InChI is InChI=1S/C21H20N2O4S2/c1-27-20-12-11-18(14-19(20)22-21(24)15-7-4-3-5-8-15)29(25,26)23-16-9-6-10-17(13-16)28-2/h3-14,23H,1-2H3,(H,22,24). The van der Waals surface area contributed by atoms with Crippen LogP contribution in [-0.4, -0.2) is 27.7 Å². The summed E-state index contributed by atoms with van der Waals surface area (Å²) in [5.74, 6) is -0.00306. The van der Waals surface area contributed by atoms with Gasteiger partial charge in [0.2, 0.25) is 0 Å². The van der Waals surface area contributed by atoms with Crippen LogP contribution in [0.3, 0.4) is 0 Å². The van der Waals surface area contributed by atoms with E-state index in [0.29, 0.717) is 17.0 Å². The van der Waals surface area contributed by atoms with E-state index < -0.39 is 10.0 Å². The monoisotopic (exact) mass is 428 g/mol. The molecule has 0 spiro atoms. The second kappa shape index (κ2) is 9.02. The normalized spacial score (nSPS) is 11.0. The molecule has 3 aromatic rings. The Balaban J connectivity index is 1.89. The molecule has 1 amide bonds. The Labute approximate surface area is 174 Å². The Kier molecular flexibility index (Phi) is 6.46. The lowest BCUT2D eigenvalue weighted by Crippen LogP contribution is -2.15. The Hall–Kier alpha value is -2.97. The maximum Gasteiger partial charge on any atom is 0.261 e. The number of amides is 1. The van der Waals surface area contributed by atoms with E-state index >= 15 is 0 Å². The van der Waals surface area contributed by atoms with Crippen LogP contribution in [0.25, 0.3) is 0 Å². The van der Waals surface area contributed by atoms with E-state index in [1.807, 2.05) is 18.4 Å². The number of rotatable bonds is 7. The summed E-state index contributed by atoms with van der Waals surface area (Å²) < 4.78 is 33.5. The fourth-order valence-corrected chi connectivity index (χ4v) is 4.17. The molecule has 0 aliphatic carbocycles. The molecule has 0 unspecified atom stereocenters. The van der Waals surface area contributed by atoms with Crippen LogP contribution in [0.2, 0.25) is 0 Å². The predicted molar refractivity (Wildman–Crippen MR) is 116 cm³/mol. The van der Waals surface area contributed by atoms with Crippen LogP contribution in [0.4, 0.5) is 11.4 Å². The van der Waals surface area contributed by atoms with Crippen molar-refractivity contribution in [1.82, 2.24) is 0 Å². The number of hydrogen-bond donors (Lipinski definition) is 2. The molecular weight excluding hydrogens is 408 g/mol. The van der Waals surface area contributed by atoms with Crippen molar-refractivity contribution in [2.24, 2.45) is 0 Å². The van der Waals surface area contributed by atoms with Crippen molar-refractivity contribution < 1.29 is 17.9 Å². The molecule has 0 saturated carbocycles. The summed E-state index contributed by atoms with van der Waals surface area (Å²) in [4.78, 5) is 13.4. The van der Waals surface area contributed by atoms with Gasteiger partial charge in [-0.2, -0.15) is 0 Å². The van der Waals surface area contributed by atoms with Gasteiger partial charge in [0.25, 0.3) is 15.9 Å². The predicted octanol–water partition coefficient (Wildman–Crippen LogP) is 4.47. The molecule has 0 aromatic heterocycles. The van der Waals surface area contributed by atoms with Crippen LogP contribution >= 0.6 is 11.8 Å². The van der Waals surface area contributed by atoms with Crippen molar-refractivity contribution >= 4 is 39.1 Å². The van der Waals surface area contributed by atoms with E-state index in [-0.39, 0.29) is 16.5 Å². The van der Waals surface area contributed by atoms with E-state index in [2.05, 4.69) is 10.0 Å². The molecule has 150 valence electrons. The lowest BCUT2D eigenvalue weighted by Gasteiger charge is -2.14. The summed E-state index contributed by atoms with van der Waals surface area (Å²) in [6, 6.07) is 20.1. The lowest BCUT2D eigenvalue weighted by atomic mass is 10.2. The van der Waals surface area contributed by atoms with Gasteiger partial charge in [0, 0.05) is 16.1 Å². The minimum atomic E-state index is -3.85.